The number of pyridine rings is 1. The van der Waals surface area contributed by atoms with Gasteiger partial charge in [-0.1, -0.05) is 0 Å². The van der Waals surface area contributed by atoms with Crippen LogP contribution in [-0.4, -0.2) is 24.5 Å². The standard InChI is InChI=1S/C17H10BrFN2O5S2/c18-12-1-8-2-13(16(12)22)28(24,25)21-15-4-10(7-27-15)11-5-20-14(19)3-9(11)6-26-17(8)23/h1-5,7,21-22H,6H2. The van der Waals surface area contributed by atoms with E-state index in [1.54, 1.807) is 11.4 Å². The molecule has 0 radical (unpaired) electrons. The van der Waals surface area contributed by atoms with Crippen LogP contribution in [-0.2, 0) is 21.4 Å². The fraction of sp³-hybridized carbons (Fsp3) is 0.0588. The number of hydrogen-bond acceptors (Lipinski definition) is 7. The van der Waals surface area contributed by atoms with Gasteiger partial charge < -0.3 is 9.84 Å². The van der Waals surface area contributed by atoms with Gasteiger partial charge in [0, 0.05) is 28.8 Å². The van der Waals surface area contributed by atoms with Gasteiger partial charge in [-0.25, -0.2) is 18.2 Å². The van der Waals surface area contributed by atoms with Crippen LogP contribution in [0.2, 0.25) is 0 Å². The molecule has 4 bridgehead atoms. The normalized spacial score (nSPS) is 15.3. The van der Waals surface area contributed by atoms with Crippen molar-refractivity contribution in [2.24, 2.45) is 0 Å². The van der Waals surface area contributed by atoms with Crippen LogP contribution in [0.4, 0.5) is 9.39 Å². The Balaban J connectivity index is 1.93. The first-order valence-corrected chi connectivity index (χ1v) is 10.9. The molecule has 7 nitrogen and oxygen atoms in total. The second-order valence-electron chi connectivity index (χ2n) is 5.85. The number of aromatic hydroxyl groups is 1. The molecule has 0 unspecified atom stereocenters. The molecule has 3 heterocycles. The van der Waals surface area contributed by atoms with Gasteiger partial charge >= 0.3 is 5.97 Å². The number of phenols is 1. The Bertz CT molecular complexity index is 1230. The molecule has 1 aliphatic heterocycles. The van der Waals surface area contributed by atoms with Gasteiger partial charge in [-0.05, 0) is 39.7 Å². The van der Waals surface area contributed by atoms with Gasteiger partial charge in [0.1, 0.15) is 22.3 Å². The first-order valence-electron chi connectivity index (χ1n) is 7.70. The number of anilines is 1. The van der Waals surface area contributed by atoms with E-state index in [2.05, 4.69) is 25.6 Å². The molecule has 0 atom stereocenters. The Morgan fingerprint density at radius 1 is 1.25 bits per heavy atom. The lowest BCUT2D eigenvalue weighted by molar-refractivity contribution is 0.0472. The van der Waals surface area contributed by atoms with Gasteiger partial charge in [0.05, 0.1) is 10.0 Å². The zero-order valence-corrected chi connectivity index (χ0v) is 17.0. The average molecular weight is 485 g/mol. The molecule has 1 aliphatic rings. The van der Waals surface area contributed by atoms with E-state index < -0.39 is 32.6 Å². The molecule has 11 heteroatoms. The molecule has 144 valence electrons. The second-order valence-corrected chi connectivity index (χ2v) is 9.27. The van der Waals surface area contributed by atoms with Crippen molar-refractivity contribution in [3.05, 3.63) is 57.4 Å². The van der Waals surface area contributed by atoms with Gasteiger partial charge in [0.15, 0.2) is 0 Å². The van der Waals surface area contributed by atoms with Crippen LogP contribution in [0.25, 0.3) is 11.1 Å². The summed E-state index contributed by atoms with van der Waals surface area (Å²) in [5.74, 6) is -2.10. The van der Waals surface area contributed by atoms with Crippen LogP contribution >= 0.6 is 27.3 Å². The highest BCUT2D eigenvalue weighted by atomic mass is 79.9. The number of cyclic esters (lactones) is 1. The van der Waals surface area contributed by atoms with Crippen LogP contribution in [0, 0.1) is 5.95 Å². The maximum Gasteiger partial charge on any atom is 0.338 e. The number of nitrogens with zero attached hydrogens (tertiary/aromatic N) is 1. The molecule has 0 spiro atoms. The van der Waals surface area contributed by atoms with Gasteiger partial charge in [-0.2, -0.15) is 4.39 Å². The van der Waals surface area contributed by atoms with E-state index in [9.17, 15) is 22.7 Å². The summed E-state index contributed by atoms with van der Waals surface area (Å²) in [6, 6.07) is 4.97. The van der Waals surface area contributed by atoms with E-state index in [0.29, 0.717) is 16.7 Å². The first kappa shape index (κ1) is 18.8. The van der Waals surface area contributed by atoms with Crippen molar-refractivity contribution in [3.8, 4) is 16.9 Å². The fourth-order valence-electron chi connectivity index (χ4n) is 2.69. The summed E-state index contributed by atoms with van der Waals surface area (Å²) in [4.78, 5) is 15.6. The Morgan fingerprint density at radius 2 is 2.04 bits per heavy atom. The largest absolute Gasteiger partial charge is 0.505 e. The Kier molecular flexibility index (Phi) is 4.60. The van der Waals surface area contributed by atoms with Crippen molar-refractivity contribution in [1.29, 1.82) is 0 Å². The number of thiophene rings is 1. The summed E-state index contributed by atoms with van der Waals surface area (Å²) < 4.78 is 46.7. The average Bonchev–Trinajstić information content (AvgIpc) is 3.08. The zero-order chi connectivity index (χ0) is 20.1. The number of fused-ring (bicyclic) bond motifs is 6. The molecule has 0 saturated heterocycles. The number of phenolic OH excluding ortho intramolecular Hbond substituents is 1. The van der Waals surface area contributed by atoms with Crippen LogP contribution in [0.1, 0.15) is 15.9 Å². The number of sulfonamides is 1. The highest BCUT2D eigenvalue weighted by Crippen LogP contribution is 2.37. The van der Waals surface area contributed by atoms with E-state index in [0.717, 1.165) is 23.5 Å². The third kappa shape index (κ3) is 3.36. The Morgan fingerprint density at radius 3 is 2.82 bits per heavy atom. The topological polar surface area (TPSA) is 106 Å². The summed E-state index contributed by atoms with van der Waals surface area (Å²) in [5, 5.41) is 12.1. The maximum atomic E-state index is 13.6. The van der Waals surface area contributed by atoms with E-state index >= 15 is 0 Å². The minimum atomic E-state index is -4.19. The minimum Gasteiger partial charge on any atom is -0.505 e. The molecule has 2 N–H and O–H groups in total. The number of rotatable bonds is 0. The molecule has 1 aromatic carbocycles. The second kappa shape index (κ2) is 6.83. The van der Waals surface area contributed by atoms with E-state index in [1.165, 1.54) is 12.3 Å². The van der Waals surface area contributed by atoms with E-state index in [-0.39, 0.29) is 21.6 Å². The molecule has 4 rings (SSSR count). The summed E-state index contributed by atoms with van der Waals surface area (Å²) in [6.45, 7) is -0.243. The summed E-state index contributed by atoms with van der Waals surface area (Å²) >= 11 is 4.15. The van der Waals surface area contributed by atoms with Crippen LogP contribution in [0.5, 0.6) is 5.75 Å². The molecular weight excluding hydrogens is 475 g/mol. The van der Waals surface area contributed by atoms with Gasteiger partial charge in [0.2, 0.25) is 5.95 Å². The quantitative estimate of drug-likeness (QED) is 0.370. The predicted molar refractivity (Wildman–Crippen MR) is 103 cm³/mol. The fourth-order valence-corrected chi connectivity index (χ4v) is 5.53. The van der Waals surface area contributed by atoms with Crippen LogP contribution in [0.3, 0.4) is 0 Å². The summed E-state index contributed by atoms with van der Waals surface area (Å²) in [5.41, 5.74) is 1.38. The molecular formula is C17H10BrFN2O5S2. The van der Waals surface area contributed by atoms with Crippen molar-refractivity contribution < 1.29 is 27.4 Å². The van der Waals surface area contributed by atoms with Crippen molar-refractivity contribution >= 4 is 48.3 Å². The highest BCUT2D eigenvalue weighted by Gasteiger charge is 2.25. The molecule has 0 saturated carbocycles. The monoisotopic (exact) mass is 484 g/mol. The van der Waals surface area contributed by atoms with E-state index in [1.807, 2.05) is 0 Å². The smallest absolute Gasteiger partial charge is 0.338 e. The van der Waals surface area contributed by atoms with E-state index in [4.69, 9.17) is 4.74 Å². The third-order valence-corrected chi connectivity index (χ3v) is 6.97. The molecule has 0 fully saturated rings. The molecule has 3 aromatic rings. The number of nitrogens with one attached hydrogen (secondary N) is 1. The summed E-state index contributed by atoms with van der Waals surface area (Å²) in [7, 11) is -4.19. The van der Waals surface area contributed by atoms with Crippen LogP contribution < -0.4 is 4.72 Å². The number of halogens is 2. The summed E-state index contributed by atoms with van der Waals surface area (Å²) in [6.07, 6.45) is 1.29. The van der Waals surface area contributed by atoms with Gasteiger partial charge in [-0.3, -0.25) is 4.72 Å². The van der Waals surface area contributed by atoms with Crippen molar-refractivity contribution in [1.82, 2.24) is 4.98 Å². The minimum absolute atomic E-state index is 0.0136. The lowest BCUT2D eigenvalue weighted by atomic mass is 10.1. The van der Waals surface area contributed by atoms with Crippen molar-refractivity contribution in [2.75, 3.05) is 4.72 Å². The number of ether oxygens (including phenoxy) is 1. The number of carbonyl (C=O) groups excluding carboxylic acids is 1. The number of hydrogen-bond donors (Lipinski definition) is 2. The molecule has 0 amide bonds. The zero-order valence-electron chi connectivity index (χ0n) is 13.8. The molecule has 2 aromatic heterocycles. The lowest BCUT2D eigenvalue weighted by Crippen LogP contribution is -2.14. The number of benzene rings is 1. The first-order chi connectivity index (χ1) is 13.2. The molecule has 28 heavy (non-hydrogen) atoms. The maximum absolute atomic E-state index is 13.6. The predicted octanol–water partition coefficient (Wildman–Crippen LogP) is 3.89. The highest BCUT2D eigenvalue weighted by molar-refractivity contribution is 9.10. The lowest BCUT2D eigenvalue weighted by Gasteiger charge is -2.12. The van der Waals surface area contributed by atoms with Gasteiger partial charge in [-0.15, -0.1) is 11.3 Å². The van der Waals surface area contributed by atoms with Crippen molar-refractivity contribution in [2.45, 2.75) is 11.5 Å². The Labute approximate surface area is 171 Å². The van der Waals surface area contributed by atoms with Crippen LogP contribution in [0.15, 0.2) is 45.2 Å². The Hall–Kier alpha value is -2.50. The SMILES string of the molecule is O=C1OCc2cc(F)ncc2-c2csc(c2)NS(=O)(=O)c2cc1cc(Br)c2O. The van der Waals surface area contributed by atoms with Gasteiger partial charge in [0.25, 0.3) is 10.0 Å². The number of aromatic nitrogens is 1. The number of carbonyl (C=O) groups is 1. The number of esters is 1. The van der Waals surface area contributed by atoms with Crippen molar-refractivity contribution in [3.63, 3.8) is 0 Å². The molecule has 0 aliphatic carbocycles. The third-order valence-electron chi connectivity index (χ3n) is 4.01.